The zero-order valence-electron chi connectivity index (χ0n) is 4.56. The summed E-state index contributed by atoms with van der Waals surface area (Å²) in [5, 5.41) is 9.28. The zero-order valence-corrected chi connectivity index (χ0v) is 6.72. The van der Waals surface area contributed by atoms with Gasteiger partial charge in [0.2, 0.25) is 0 Å². The SMILES string of the molecule is OC1(I)CCOCC1. The smallest absolute Gasteiger partial charge is 0.120 e. The van der Waals surface area contributed by atoms with Crippen molar-refractivity contribution in [3.8, 4) is 0 Å². The van der Waals surface area contributed by atoms with Gasteiger partial charge in [-0.1, -0.05) is 0 Å². The van der Waals surface area contributed by atoms with Crippen LogP contribution in [0.4, 0.5) is 0 Å². The van der Waals surface area contributed by atoms with Crippen molar-refractivity contribution in [3.05, 3.63) is 0 Å². The lowest BCUT2D eigenvalue weighted by atomic mass is 10.2. The number of hydrogen-bond donors (Lipinski definition) is 1. The molecule has 1 fully saturated rings. The van der Waals surface area contributed by atoms with Crippen molar-refractivity contribution in [2.24, 2.45) is 0 Å². The second kappa shape index (κ2) is 2.49. The largest absolute Gasteiger partial charge is 0.381 e. The van der Waals surface area contributed by atoms with Gasteiger partial charge in [0.25, 0.3) is 0 Å². The summed E-state index contributed by atoms with van der Waals surface area (Å²) in [5.41, 5.74) is 0. The molecule has 0 unspecified atom stereocenters. The van der Waals surface area contributed by atoms with E-state index in [1.165, 1.54) is 0 Å². The molecule has 0 aromatic carbocycles. The summed E-state index contributed by atoms with van der Waals surface area (Å²) >= 11 is 2.07. The third kappa shape index (κ3) is 1.87. The molecule has 0 saturated carbocycles. The van der Waals surface area contributed by atoms with Crippen LogP contribution < -0.4 is 0 Å². The zero-order chi connectivity index (χ0) is 6.04. The van der Waals surface area contributed by atoms with Crippen LogP contribution in [-0.4, -0.2) is 21.9 Å². The number of aliphatic hydroxyl groups is 1. The van der Waals surface area contributed by atoms with E-state index in [2.05, 4.69) is 22.6 Å². The van der Waals surface area contributed by atoms with Crippen LogP contribution in [0, 0.1) is 0 Å². The second-order valence-electron chi connectivity index (χ2n) is 2.03. The predicted octanol–water partition coefficient (Wildman–Crippen LogP) is 0.920. The fraction of sp³-hybridized carbons (Fsp3) is 1.00. The van der Waals surface area contributed by atoms with Gasteiger partial charge in [0, 0.05) is 12.8 Å². The number of rotatable bonds is 0. The Bertz CT molecular complexity index is 74.5. The van der Waals surface area contributed by atoms with Gasteiger partial charge < -0.3 is 9.84 Å². The standard InChI is InChI=1S/C5H9IO2/c6-5(7)1-3-8-4-2-5/h7H,1-4H2. The van der Waals surface area contributed by atoms with Gasteiger partial charge in [-0.3, -0.25) is 0 Å². The lowest BCUT2D eigenvalue weighted by Gasteiger charge is -2.25. The first-order chi connectivity index (χ1) is 3.71. The van der Waals surface area contributed by atoms with Crippen LogP contribution in [0.5, 0.6) is 0 Å². The Morgan fingerprint density at radius 1 is 1.38 bits per heavy atom. The fourth-order valence-corrected chi connectivity index (χ4v) is 1.12. The molecule has 0 spiro atoms. The molecule has 0 aromatic heterocycles. The molecule has 1 aliphatic rings. The second-order valence-corrected chi connectivity index (χ2v) is 4.04. The first-order valence-electron chi connectivity index (χ1n) is 2.70. The average Bonchev–Trinajstić information content (AvgIpc) is 1.65. The molecule has 0 amide bonds. The molecular formula is C5H9IO2. The van der Waals surface area contributed by atoms with Gasteiger partial charge in [-0.25, -0.2) is 0 Å². The van der Waals surface area contributed by atoms with E-state index >= 15 is 0 Å². The Hall–Kier alpha value is 0.650. The Morgan fingerprint density at radius 2 is 1.88 bits per heavy atom. The van der Waals surface area contributed by atoms with Gasteiger partial charge in [-0.15, -0.1) is 0 Å². The molecule has 0 atom stereocenters. The molecule has 2 nitrogen and oxygen atoms in total. The van der Waals surface area contributed by atoms with E-state index in [-0.39, 0.29) is 0 Å². The summed E-state index contributed by atoms with van der Waals surface area (Å²) < 4.78 is 4.56. The van der Waals surface area contributed by atoms with Gasteiger partial charge in [-0.2, -0.15) is 0 Å². The van der Waals surface area contributed by atoms with Crippen molar-refractivity contribution in [1.29, 1.82) is 0 Å². The van der Waals surface area contributed by atoms with E-state index in [1.807, 2.05) is 0 Å². The number of alkyl halides is 1. The molecule has 0 bridgehead atoms. The highest BCUT2D eigenvalue weighted by Gasteiger charge is 2.25. The lowest BCUT2D eigenvalue weighted by Crippen LogP contribution is -2.28. The van der Waals surface area contributed by atoms with Gasteiger partial charge in [0.1, 0.15) is 3.61 Å². The van der Waals surface area contributed by atoms with E-state index in [4.69, 9.17) is 4.74 Å². The molecular weight excluding hydrogens is 219 g/mol. The Morgan fingerprint density at radius 3 is 2.12 bits per heavy atom. The number of ether oxygens (including phenoxy) is 1. The molecule has 0 aromatic rings. The van der Waals surface area contributed by atoms with Gasteiger partial charge in [0.05, 0.1) is 13.2 Å². The van der Waals surface area contributed by atoms with Gasteiger partial charge in [0.15, 0.2) is 0 Å². The average molecular weight is 228 g/mol. The van der Waals surface area contributed by atoms with Crippen LogP contribution >= 0.6 is 22.6 Å². The molecule has 1 aliphatic heterocycles. The maximum atomic E-state index is 9.28. The van der Waals surface area contributed by atoms with Crippen molar-refractivity contribution < 1.29 is 9.84 Å². The highest BCUT2D eigenvalue weighted by Crippen LogP contribution is 2.26. The summed E-state index contributed by atoms with van der Waals surface area (Å²) in [5.74, 6) is 0. The summed E-state index contributed by atoms with van der Waals surface area (Å²) in [6.07, 6.45) is 1.54. The van der Waals surface area contributed by atoms with Crippen LogP contribution in [0.25, 0.3) is 0 Å². The van der Waals surface area contributed by atoms with E-state index in [0.29, 0.717) is 13.2 Å². The molecule has 1 saturated heterocycles. The number of hydrogen-bond acceptors (Lipinski definition) is 2. The maximum absolute atomic E-state index is 9.28. The Labute approximate surface area is 62.4 Å². The van der Waals surface area contributed by atoms with Crippen molar-refractivity contribution in [2.45, 2.75) is 16.4 Å². The van der Waals surface area contributed by atoms with Crippen LogP contribution in [0.15, 0.2) is 0 Å². The van der Waals surface area contributed by atoms with Crippen LogP contribution in [0.3, 0.4) is 0 Å². The third-order valence-electron chi connectivity index (χ3n) is 1.26. The molecule has 1 N–H and O–H groups in total. The van der Waals surface area contributed by atoms with Gasteiger partial charge in [-0.05, 0) is 22.6 Å². The van der Waals surface area contributed by atoms with Crippen molar-refractivity contribution in [1.82, 2.24) is 0 Å². The van der Waals surface area contributed by atoms with Crippen LogP contribution in [0.1, 0.15) is 12.8 Å². The third-order valence-corrected chi connectivity index (χ3v) is 2.34. The fourth-order valence-electron chi connectivity index (χ4n) is 0.684. The molecule has 3 heteroatoms. The quantitative estimate of drug-likeness (QED) is 0.493. The minimum Gasteiger partial charge on any atom is -0.381 e. The molecule has 0 aliphatic carbocycles. The minimum absolute atomic E-state index is 0.476. The maximum Gasteiger partial charge on any atom is 0.120 e. The highest BCUT2D eigenvalue weighted by molar-refractivity contribution is 14.1. The molecule has 0 radical (unpaired) electrons. The van der Waals surface area contributed by atoms with Crippen molar-refractivity contribution in [3.63, 3.8) is 0 Å². The summed E-state index contributed by atoms with van der Waals surface area (Å²) in [6.45, 7) is 1.42. The summed E-state index contributed by atoms with van der Waals surface area (Å²) in [7, 11) is 0. The monoisotopic (exact) mass is 228 g/mol. The lowest BCUT2D eigenvalue weighted by molar-refractivity contribution is 0.00421. The van der Waals surface area contributed by atoms with Crippen LogP contribution in [0.2, 0.25) is 0 Å². The van der Waals surface area contributed by atoms with Gasteiger partial charge >= 0.3 is 0 Å². The number of halogens is 1. The van der Waals surface area contributed by atoms with E-state index in [9.17, 15) is 5.11 Å². The van der Waals surface area contributed by atoms with E-state index in [1.54, 1.807) is 0 Å². The highest BCUT2D eigenvalue weighted by atomic mass is 127. The molecule has 8 heavy (non-hydrogen) atoms. The Balaban J connectivity index is 2.33. The predicted molar refractivity (Wildman–Crippen MR) is 39.0 cm³/mol. The first-order valence-corrected chi connectivity index (χ1v) is 3.78. The minimum atomic E-state index is -0.476. The molecule has 1 heterocycles. The molecule has 48 valence electrons. The topological polar surface area (TPSA) is 29.5 Å². The summed E-state index contributed by atoms with van der Waals surface area (Å²) in [4.78, 5) is 0. The Kier molecular flexibility index (Phi) is 2.11. The van der Waals surface area contributed by atoms with E-state index in [0.717, 1.165) is 12.8 Å². The van der Waals surface area contributed by atoms with Crippen molar-refractivity contribution >= 4 is 22.6 Å². The van der Waals surface area contributed by atoms with Crippen molar-refractivity contribution in [2.75, 3.05) is 13.2 Å². The summed E-state index contributed by atoms with van der Waals surface area (Å²) in [6, 6.07) is 0. The van der Waals surface area contributed by atoms with Crippen LogP contribution in [-0.2, 0) is 4.74 Å². The van der Waals surface area contributed by atoms with E-state index < -0.39 is 3.61 Å². The normalized spacial score (nSPS) is 27.8. The molecule has 1 rings (SSSR count). The first kappa shape index (κ1) is 6.77.